The zero-order chi connectivity index (χ0) is 51.8. The third-order valence-corrected chi connectivity index (χ3v) is 18.6. The van der Waals surface area contributed by atoms with Crippen LogP contribution in [0.5, 0.6) is 0 Å². The number of benzene rings is 10. The van der Waals surface area contributed by atoms with Gasteiger partial charge in [0.2, 0.25) is 0 Å². The fraction of sp³-hybridized carbons (Fsp3) is 0.216. The predicted octanol–water partition coefficient (Wildman–Crippen LogP) is 20.1. The number of hydrogen-bond acceptors (Lipinski definition) is 2. The van der Waals surface area contributed by atoms with Crippen LogP contribution in [0, 0.1) is 0 Å². The highest BCUT2D eigenvalue weighted by molar-refractivity contribution is 6.21. The maximum atomic E-state index is 7.05. The Labute approximate surface area is 446 Å². The Morgan fingerprint density at radius 2 is 0.908 bits per heavy atom. The highest BCUT2D eigenvalue weighted by Gasteiger charge is 2.49. The first-order chi connectivity index (χ1) is 36.6. The summed E-state index contributed by atoms with van der Waals surface area (Å²) in [5.41, 5.74) is 27.3. The summed E-state index contributed by atoms with van der Waals surface area (Å²) in [4.78, 5) is 0. The summed E-state index contributed by atoms with van der Waals surface area (Å²) in [6.45, 7) is 21.6. The van der Waals surface area contributed by atoms with Crippen LogP contribution in [0.3, 0.4) is 0 Å². The molecule has 15 rings (SSSR count). The molecule has 0 saturated heterocycles. The van der Waals surface area contributed by atoms with Gasteiger partial charge < -0.3 is 8.83 Å². The van der Waals surface area contributed by atoms with Crippen LogP contribution in [-0.4, -0.2) is 0 Å². The molecule has 0 amide bonds. The Bertz CT molecular complexity index is 4470. The summed E-state index contributed by atoms with van der Waals surface area (Å²) in [7, 11) is 0. The fourth-order valence-corrected chi connectivity index (χ4v) is 15.0. The van der Waals surface area contributed by atoms with Gasteiger partial charge in [0.05, 0.1) is 0 Å². The summed E-state index contributed by atoms with van der Waals surface area (Å²) in [6, 6.07) is 68.6. The highest BCUT2D eigenvalue weighted by atomic mass is 16.3. The number of para-hydroxylation sites is 2. The van der Waals surface area contributed by atoms with E-state index in [-0.39, 0.29) is 27.6 Å². The Morgan fingerprint density at radius 1 is 0.395 bits per heavy atom. The van der Waals surface area contributed by atoms with Crippen molar-refractivity contribution in [2.24, 2.45) is 0 Å². The normalized spacial score (nSPS) is 15.8. The maximum absolute atomic E-state index is 7.05. The van der Waals surface area contributed by atoms with E-state index in [1.165, 1.54) is 132 Å². The van der Waals surface area contributed by atoms with Crippen molar-refractivity contribution in [2.75, 3.05) is 0 Å². The van der Waals surface area contributed by atoms with Crippen molar-refractivity contribution in [3.8, 4) is 44.5 Å². The van der Waals surface area contributed by atoms with Gasteiger partial charge >= 0.3 is 0 Å². The van der Waals surface area contributed by atoms with Gasteiger partial charge in [0.15, 0.2) is 0 Å². The van der Waals surface area contributed by atoms with Crippen molar-refractivity contribution in [3.05, 3.63) is 238 Å². The predicted molar refractivity (Wildman–Crippen MR) is 318 cm³/mol. The average molecular weight is 983 g/mol. The fourth-order valence-electron chi connectivity index (χ4n) is 15.0. The number of fused-ring (bicyclic) bond motifs is 20. The van der Waals surface area contributed by atoms with E-state index in [4.69, 9.17) is 8.83 Å². The van der Waals surface area contributed by atoms with Gasteiger partial charge in [-0.25, -0.2) is 0 Å². The Morgan fingerprint density at radius 3 is 1.61 bits per heavy atom. The molecule has 12 aromatic rings. The van der Waals surface area contributed by atoms with E-state index in [1.807, 2.05) is 0 Å². The molecule has 1 atom stereocenters. The average Bonchev–Trinajstić information content (AvgIpc) is 4.17. The third kappa shape index (κ3) is 6.16. The number of furan rings is 2. The van der Waals surface area contributed by atoms with E-state index in [2.05, 4.69) is 244 Å². The van der Waals surface area contributed by atoms with Crippen molar-refractivity contribution < 1.29 is 8.83 Å². The molecule has 2 heterocycles. The van der Waals surface area contributed by atoms with Crippen molar-refractivity contribution in [2.45, 2.75) is 103 Å². The maximum Gasteiger partial charge on any atom is 0.144 e. The molecular weight excluding hydrogens is 921 g/mol. The van der Waals surface area contributed by atoms with Gasteiger partial charge in [-0.15, -0.1) is 0 Å². The zero-order valence-electron chi connectivity index (χ0n) is 45.1. The molecule has 3 aliphatic rings. The molecule has 2 aromatic heterocycles. The lowest BCUT2D eigenvalue weighted by molar-refractivity contribution is 0.591. The molecular formula is C74H62O2. The second kappa shape index (κ2) is 15.6. The lowest BCUT2D eigenvalue weighted by Crippen LogP contribution is -2.24. The molecule has 2 heteroatoms. The molecule has 0 N–H and O–H groups in total. The second-order valence-electron chi connectivity index (χ2n) is 25.1. The third-order valence-electron chi connectivity index (χ3n) is 18.6. The van der Waals surface area contributed by atoms with Crippen LogP contribution in [0.1, 0.15) is 124 Å². The largest absolute Gasteiger partial charge is 0.455 e. The summed E-state index contributed by atoms with van der Waals surface area (Å²) < 4.78 is 14.0. The first kappa shape index (κ1) is 45.5. The van der Waals surface area contributed by atoms with Crippen LogP contribution in [-0.2, 0) is 34.5 Å². The van der Waals surface area contributed by atoms with E-state index in [1.54, 1.807) is 0 Å². The minimum Gasteiger partial charge on any atom is -0.455 e. The van der Waals surface area contributed by atoms with Gasteiger partial charge in [0.1, 0.15) is 22.3 Å². The minimum atomic E-state index is -0.271. The molecule has 0 bridgehead atoms. The Kier molecular flexibility index (Phi) is 9.32. The van der Waals surface area contributed by atoms with Crippen LogP contribution >= 0.6 is 0 Å². The SMILES string of the molecule is CC(C)(C)c1ccccc1-c1cc2c(c3c1oc1ccccc13)-c1ccc(CC(Cc3ccc4c(c3)C(C)(C)c3c5c(c6c(oc7ccccc76)c3-4)-c3ccccc3C5(C)C)c3cccc4ccccc34)cc1C2(C)C. The summed E-state index contributed by atoms with van der Waals surface area (Å²) >= 11 is 0. The lowest BCUT2D eigenvalue weighted by atomic mass is 9.72. The molecule has 0 saturated carbocycles. The van der Waals surface area contributed by atoms with Crippen LogP contribution in [0.4, 0.5) is 0 Å². The van der Waals surface area contributed by atoms with Gasteiger partial charge in [0.25, 0.3) is 0 Å². The molecule has 0 spiro atoms. The van der Waals surface area contributed by atoms with Crippen LogP contribution < -0.4 is 0 Å². The van der Waals surface area contributed by atoms with Crippen LogP contribution in [0.25, 0.3) is 99.2 Å². The lowest BCUT2D eigenvalue weighted by Gasteiger charge is -2.31. The quantitative estimate of drug-likeness (QED) is 0.166. The molecule has 370 valence electrons. The smallest absolute Gasteiger partial charge is 0.144 e. The summed E-state index contributed by atoms with van der Waals surface area (Å²) in [5, 5.41) is 7.46. The molecule has 10 aromatic carbocycles. The topological polar surface area (TPSA) is 26.3 Å². The molecule has 0 fully saturated rings. The van der Waals surface area contributed by atoms with E-state index in [0.717, 1.165) is 35.2 Å². The molecule has 1 unspecified atom stereocenters. The van der Waals surface area contributed by atoms with Gasteiger partial charge in [0, 0.05) is 48.9 Å². The number of hydrogen-bond donors (Lipinski definition) is 0. The van der Waals surface area contributed by atoms with Crippen molar-refractivity contribution in [1.82, 2.24) is 0 Å². The van der Waals surface area contributed by atoms with E-state index < -0.39 is 0 Å². The molecule has 0 radical (unpaired) electrons. The summed E-state index contributed by atoms with van der Waals surface area (Å²) in [5.74, 6) is 0.214. The Hall–Kier alpha value is -7.94. The van der Waals surface area contributed by atoms with Gasteiger partial charge in [-0.3, -0.25) is 0 Å². The van der Waals surface area contributed by atoms with Crippen molar-refractivity contribution in [1.29, 1.82) is 0 Å². The molecule has 76 heavy (non-hydrogen) atoms. The Balaban J connectivity index is 0.870. The van der Waals surface area contributed by atoms with Gasteiger partial charge in [-0.1, -0.05) is 226 Å². The first-order valence-electron chi connectivity index (χ1n) is 27.6. The van der Waals surface area contributed by atoms with Gasteiger partial charge in [-0.05, 0) is 142 Å². The monoisotopic (exact) mass is 982 g/mol. The zero-order valence-corrected chi connectivity index (χ0v) is 45.1. The second-order valence-corrected chi connectivity index (χ2v) is 25.1. The van der Waals surface area contributed by atoms with Crippen molar-refractivity contribution >= 4 is 54.6 Å². The van der Waals surface area contributed by atoms with Crippen LogP contribution in [0.2, 0.25) is 0 Å². The van der Waals surface area contributed by atoms with Crippen molar-refractivity contribution in [3.63, 3.8) is 0 Å². The standard InChI is InChI=1S/C74H62O2/c1-71(2,3)55-29-16-12-24-48(55)54-41-59-62(64-52-26-14-18-31-60(52)75-69(54)64)50-35-33-42(39-57(50)72(59,4)5)37-45(47-28-20-22-44-21-10-11-23-46(44)47)38-43-34-36-51-58(40-43)74(8,9)68-66(51)70-65(53-27-15-19-32-61(53)76-70)63-49-25-13-17-30-56(49)73(6,7)67(63)68/h10-36,39-41,45H,37-38H2,1-9H3. The van der Waals surface area contributed by atoms with E-state index in [9.17, 15) is 0 Å². The van der Waals surface area contributed by atoms with E-state index in [0.29, 0.717) is 0 Å². The molecule has 0 aliphatic heterocycles. The highest BCUT2D eigenvalue weighted by Crippen LogP contribution is 2.63. The van der Waals surface area contributed by atoms with E-state index >= 15 is 0 Å². The first-order valence-corrected chi connectivity index (χ1v) is 27.6. The summed E-state index contributed by atoms with van der Waals surface area (Å²) in [6.07, 6.45) is 1.81. The van der Waals surface area contributed by atoms with Crippen LogP contribution in [0.15, 0.2) is 191 Å². The number of rotatable bonds is 6. The molecule has 2 nitrogen and oxygen atoms in total. The minimum absolute atomic E-state index is 0.0460. The molecule has 3 aliphatic carbocycles. The van der Waals surface area contributed by atoms with Gasteiger partial charge in [-0.2, -0.15) is 0 Å².